The van der Waals surface area contributed by atoms with Crippen molar-refractivity contribution < 1.29 is 24.2 Å². The highest BCUT2D eigenvalue weighted by Crippen LogP contribution is 2.45. The van der Waals surface area contributed by atoms with Gasteiger partial charge in [-0.25, -0.2) is 0 Å². The third-order valence-corrected chi connectivity index (χ3v) is 6.84. The summed E-state index contributed by atoms with van der Waals surface area (Å²) in [6.07, 6.45) is 0. The Hall–Kier alpha value is -3.77. The largest absolute Gasteiger partial charge is 0.507 e. The van der Waals surface area contributed by atoms with Gasteiger partial charge < -0.3 is 14.6 Å². The minimum atomic E-state index is -0.926. The van der Waals surface area contributed by atoms with Crippen molar-refractivity contribution in [1.29, 1.82) is 0 Å². The highest BCUT2D eigenvalue weighted by atomic mass is 35.5. The van der Waals surface area contributed by atoms with Crippen molar-refractivity contribution in [3.05, 3.63) is 93.5 Å². The Labute approximate surface area is 215 Å². The van der Waals surface area contributed by atoms with Crippen molar-refractivity contribution in [2.45, 2.75) is 32.7 Å². The average molecular weight is 506 g/mol. The number of para-hydroxylation sites is 1. The number of hydrogen-bond acceptors (Lipinski definition) is 5. The molecule has 0 saturated carbocycles. The fraction of sp³-hybridized carbons (Fsp3) is 0.241. The number of halogens is 1. The third-order valence-electron chi connectivity index (χ3n) is 6.44. The van der Waals surface area contributed by atoms with Gasteiger partial charge in [0.2, 0.25) is 0 Å². The SMILES string of the molecule is COc1ccc(/C(O)=C2\C(=O)C(=O)N(c3ccc(C)c(Cl)c3)C2c2ccccc2OC)cc1C(C)C. The van der Waals surface area contributed by atoms with Crippen LogP contribution >= 0.6 is 11.6 Å². The summed E-state index contributed by atoms with van der Waals surface area (Å²) in [5.41, 5.74) is 3.11. The molecule has 1 heterocycles. The van der Waals surface area contributed by atoms with Crippen molar-refractivity contribution >= 4 is 34.7 Å². The molecular formula is C29H28ClNO5. The lowest BCUT2D eigenvalue weighted by Gasteiger charge is -2.27. The first-order chi connectivity index (χ1) is 17.2. The molecule has 7 heteroatoms. The second kappa shape index (κ2) is 10.1. The quantitative estimate of drug-likeness (QED) is 0.238. The number of amides is 1. The molecule has 0 radical (unpaired) electrons. The zero-order chi connectivity index (χ0) is 26.1. The number of hydrogen-bond donors (Lipinski definition) is 1. The fourth-order valence-corrected chi connectivity index (χ4v) is 4.68. The summed E-state index contributed by atoms with van der Waals surface area (Å²) in [5.74, 6) is -0.551. The minimum Gasteiger partial charge on any atom is -0.507 e. The maximum atomic E-state index is 13.5. The van der Waals surface area contributed by atoms with Gasteiger partial charge in [-0.15, -0.1) is 0 Å². The topological polar surface area (TPSA) is 76.1 Å². The van der Waals surface area contributed by atoms with Gasteiger partial charge in [0.1, 0.15) is 17.3 Å². The summed E-state index contributed by atoms with van der Waals surface area (Å²) in [6.45, 7) is 5.88. The molecule has 0 bridgehead atoms. The van der Waals surface area contributed by atoms with Gasteiger partial charge in [-0.1, -0.05) is 49.7 Å². The van der Waals surface area contributed by atoms with E-state index in [1.54, 1.807) is 67.8 Å². The second-order valence-corrected chi connectivity index (χ2v) is 9.36. The lowest BCUT2D eigenvalue weighted by molar-refractivity contribution is -0.132. The van der Waals surface area contributed by atoms with Crippen molar-refractivity contribution in [3.8, 4) is 11.5 Å². The Kier molecular flexibility index (Phi) is 7.09. The number of carbonyl (C=O) groups is 2. The Morgan fingerprint density at radius 3 is 2.31 bits per heavy atom. The number of aliphatic hydroxyl groups is 1. The maximum absolute atomic E-state index is 13.5. The van der Waals surface area contributed by atoms with E-state index in [0.29, 0.717) is 33.3 Å². The third kappa shape index (κ3) is 4.33. The van der Waals surface area contributed by atoms with Crippen LogP contribution in [0.2, 0.25) is 5.02 Å². The number of aliphatic hydroxyl groups excluding tert-OH is 1. The van der Waals surface area contributed by atoms with Gasteiger partial charge in [-0.3, -0.25) is 14.5 Å². The molecule has 0 aliphatic carbocycles. The number of Topliss-reactive ketones (excluding diaryl/α,β-unsaturated/α-hetero) is 1. The van der Waals surface area contributed by atoms with Crippen LogP contribution in [0.3, 0.4) is 0 Å². The zero-order valence-corrected chi connectivity index (χ0v) is 21.6. The summed E-state index contributed by atoms with van der Waals surface area (Å²) in [6, 6.07) is 16.6. The first-order valence-electron chi connectivity index (χ1n) is 11.6. The molecule has 0 aromatic heterocycles. The number of nitrogens with zero attached hydrogens (tertiary/aromatic N) is 1. The second-order valence-electron chi connectivity index (χ2n) is 8.96. The average Bonchev–Trinajstić information content (AvgIpc) is 3.14. The Balaban J connectivity index is 1.99. The highest BCUT2D eigenvalue weighted by Gasteiger charge is 2.48. The summed E-state index contributed by atoms with van der Waals surface area (Å²) in [7, 11) is 3.10. The van der Waals surface area contributed by atoms with Crippen LogP contribution in [-0.4, -0.2) is 31.0 Å². The molecule has 1 amide bonds. The standard InChI is InChI=1S/C29H28ClNO5/c1-16(2)21-14-18(11-13-24(21)36-5)27(32)25-26(20-8-6-7-9-23(20)35-4)31(29(34)28(25)33)19-12-10-17(3)22(30)15-19/h6-16,26,32H,1-5H3/b27-25+. The van der Waals surface area contributed by atoms with Crippen molar-refractivity contribution in [1.82, 2.24) is 0 Å². The van der Waals surface area contributed by atoms with E-state index in [0.717, 1.165) is 11.1 Å². The van der Waals surface area contributed by atoms with E-state index in [2.05, 4.69) is 0 Å². The number of anilines is 1. The minimum absolute atomic E-state index is 0.0268. The summed E-state index contributed by atoms with van der Waals surface area (Å²) >= 11 is 6.38. The Bertz CT molecular complexity index is 1380. The summed E-state index contributed by atoms with van der Waals surface area (Å²) < 4.78 is 11.0. The smallest absolute Gasteiger partial charge is 0.300 e. The monoisotopic (exact) mass is 505 g/mol. The normalized spacial score (nSPS) is 17.1. The first-order valence-corrected chi connectivity index (χ1v) is 12.0. The first kappa shape index (κ1) is 25.3. The van der Waals surface area contributed by atoms with Crippen LogP contribution in [0.25, 0.3) is 5.76 Å². The van der Waals surface area contributed by atoms with Crippen molar-refractivity contribution in [2.24, 2.45) is 0 Å². The number of carbonyl (C=O) groups excluding carboxylic acids is 2. The predicted molar refractivity (Wildman–Crippen MR) is 141 cm³/mol. The number of methoxy groups -OCH3 is 2. The van der Waals surface area contributed by atoms with E-state index in [1.807, 2.05) is 20.8 Å². The Morgan fingerprint density at radius 2 is 1.67 bits per heavy atom. The zero-order valence-electron chi connectivity index (χ0n) is 20.8. The van der Waals surface area contributed by atoms with E-state index in [-0.39, 0.29) is 17.3 Å². The number of aryl methyl sites for hydroxylation is 1. The van der Waals surface area contributed by atoms with Crippen LogP contribution in [0.4, 0.5) is 5.69 Å². The van der Waals surface area contributed by atoms with Crippen LogP contribution in [0.1, 0.15) is 48.1 Å². The molecule has 1 aliphatic heterocycles. The molecule has 6 nitrogen and oxygen atoms in total. The van der Waals surface area contributed by atoms with E-state index >= 15 is 0 Å². The molecule has 3 aromatic rings. The van der Waals surface area contributed by atoms with Crippen LogP contribution in [0.15, 0.2) is 66.2 Å². The predicted octanol–water partition coefficient (Wildman–Crippen LogP) is 6.42. The van der Waals surface area contributed by atoms with Gasteiger partial charge in [0.05, 0.1) is 25.8 Å². The fourth-order valence-electron chi connectivity index (χ4n) is 4.51. The molecule has 1 N–H and O–H groups in total. The Morgan fingerprint density at radius 1 is 0.972 bits per heavy atom. The molecule has 3 aromatic carbocycles. The molecule has 1 atom stereocenters. The van der Waals surface area contributed by atoms with Gasteiger partial charge in [0.25, 0.3) is 11.7 Å². The van der Waals surface area contributed by atoms with Crippen LogP contribution < -0.4 is 14.4 Å². The molecule has 1 unspecified atom stereocenters. The maximum Gasteiger partial charge on any atom is 0.300 e. The number of rotatable bonds is 6. The molecule has 36 heavy (non-hydrogen) atoms. The van der Waals surface area contributed by atoms with Gasteiger partial charge in [0, 0.05) is 21.8 Å². The lowest BCUT2D eigenvalue weighted by Crippen LogP contribution is -2.29. The van der Waals surface area contributed by atoms with Gasteiger partial charge in [0.15, 0.2) is 0 Å². The van der Waals surface area contributed by atoms with Crippen LogP contribution in [-0.2, 0) is 9.59 Å². The van der Waals surface area contributed by atoms with Crippen LogP contribution in [0.5, 0.6) is 11.5 Å². The molecule has 186 valence electrons. The van der Waals surface area contributed by atoms with Gasteiger partial charge >= 0.3 is 0 Å². The molecule has 1 aliphatic rings. The van der Waals surface area contributed by atoms with Gasteiger partial charge in [-0.2, -0.15) is 0 Å². The van der Waals surface area contributed by atoms with Crippen molar-refractivity contribution in [2.75, 3.05) is 19.1 Å². The molecule has 0 spiro atoms. The number of ether oxygens (including phenoxy) is 2. The van der Waals surface area contributed by atoms with E-state index in [4.69, 9.17) is 21.1 Å². The van der Waals surface area contributed by atoms with Crippen molar-refractivity contribution in [3.63, 3.8) is 0 Å². The molecule has 1 saturated heterocycles. The molecule has 4 rings (SSSR count). The number of ketones is 1. The molecule has 1 fully saturated rings. The van der Waals surface area contributed by atoms with Gasteiger partial charge in [-0.05, 0) is 60.4 Å². The van der Waals surface area contributed by atoms with E-state index in [9.17, 15) is 14.7 Å². The number of benzene rings is 3. The van der Waals surface area contributed by atoms with E-state index < -0.39 is 17.7 Å². The highest BCUT2D eigenvalue weighted by molar-refractivity contribution is 6.52. The van der Waals surface area contributed by atoms with E-state index in [1.165, 1.54) is 12.0 Å². The lowest BCUT2D eigenvalue weighted by atomic mass is 9.92. The van der Waals surface area contributed by atoms with Crippen LogP contribution in [0, 0.1) is 6.92 Å². The summed E-state index contributed by atoms with van der Waals surface area (Å²) in [4.78, 5) is 28.3. The molecular weight excluding hydrogens is 478 g/mol. The summed E-state index contributed by atoms with van der Waals surface area (Å²) in [5, 5.41) is 12.0.